The molecule has 54 valence electrons. The molecule has 0 saturated heterocycles. The maximum atomic E-state index is 12.7. The van der Waals surface area contributed by atoms with Gasteiger partial charge in [0.05, 0.1) is 8.95 Å². The van der Waals surface area contributed by atoms with Crippen molar-refractivity contribution in [2.45, 2.75) is 0 Å². The van der Waals surface area contributed by atoms with Crippen LogP contribution in [0.3, 0.4) is 0 Å². The van der Waals surface area contributed by atoms with E-state index < -0.39 is 5.82 Å². The van der Waals surface area contributed by atoms with Crippen molar-refractivity contribution >= 4 is 31.9 Å². The quantitative estimate of drug-likeness (QED) is 0.718. The lowest BCUT2D eigenvalue weighted by atomic mass is 10.3. The zero-order valence-electron chi connectivity index (χ0n) is 4.74. The highest BCUT2D eigenvalue weighted by Crippen LogP contribution is 2.30. The van der Waals surface area contributed by atoms with E-state index in [2.05, 4.69) is 31.9 Å². The zero-order valence-corrected chi connectivity index (χ0v) is 7.91. The van der Waals surface area contributed by atoms with E-state index in [9.17, 15) is 4.39 Å². The van der Waals surface area contributed by atoms with E-state index in [0.717, 1.165) is 0 Å². The normalized spacial score (nSPS) is 9.90. The number of halogens is 3. The minimum absolute atomic E-state index is 0.0851. The van der Waals surface area contributed by atoms with Gasteiger partial charge >= 0.3 is 0 Å². The van der Waals surface area contributed by atoms with Gasteiger partial charge in [-0.1, -0.05) is 0 Å². The first-order chi connectivity index (χ1) is 4.63. The molecule has 0 aliphatic carbocycles. The van der Waals surface area contributed by atoms with Crippen LogP contribution in [0.4, 0.5) is 4.39 Å². The molecular weight excluding hydrogens is 267 g/mol. The van der Waals surface area contributed by atoms with Gasteiger partial charge in [-0.05, 0) is 44.0 Å². The standard InChI is InChI=1S/C6H3Br2FO/c7-3-1-2-4(10)5(8)6(3)9/h1-2,10H. The van der Waals surface area contributed by atoms with Crippen LogP contribution in [-0.4, -0.2) is 5.11 Å². The van der Waals surface area contributed by atoms with Crippen LogP contribution >= 0.6 is 31.9 Å². The second-order valence-corrected chi connectivity index (χ2v) is 3.34. The molecule has 0 unspecified atom stereocenters. The Morgan fingerprint density at radius 2 is 1.90 bits per heavy atom. The van der Waals surface area contributed by atoms with E-state index in [-0.39, 0.29) is 10.2 Å². The first-order valence-corrected chi connectivity index (χ1v) is 4.04. The van der Waals surface area contributed by atoms with Gasteiger partial charge in [-0.25, -0.2) is 4.39 Å². The van der Waals surface area contributed by atoms with Crippen LogP contribution in [0.15, 0.2) is 21.1 Å². The molecule has 1 aromatic rings. The van der Waals surface area contributed by atoms with Crippen molar-refractivity contribution in [2.75, 3.05) is 0 Å². The molecule has 0 aliphatic heterocycles. The fraction of sp³-hybridized carbons (Fsp3) is 0. The molecule has 4 heteroatoms. The largest absolute Gasteiger partial charge is 0.507 e. The first kappa shape index (κ1) is 8.01. The van der Waals surface area contributed by atoms with Crippen molar-refractivity contribution in [1.82, 2.24) is 0 Å². The van der Waals surface area contributed by atoms with Gasteiger partial charge in [-0.3, -0.25) is 0 Å². The highest BCUT2D eigenvalue weighted by Gasteiger charge is 2.07. The molecule has 0 fully saturated rings. The minimum atomic E-state index is -0.486. The number of phenolic OH excluding ortho intramolecular Hbond substituents is 1. The maximum Gasteiger partial charge on any atom is 0.155 e. The molecule has 0 radical (unpaired) electrons. The van der Waals surface area contributed by atoms with Crippen LogP contribution in [0.25, 0.3) is 0 Å². The summed E-state index contributed by atoms with van der Waals surface area (Å²) in [4.78, 5) is 0. The third kappa shape index (κ3) is 1.32. The lowest BCUT2D eigenvalue weighted by Gasteiger charge is -1.98. The fourth-order valence-electron chi connectivity index (χ4n) is 0.516. The smallest absolute Gasteiger partial charge is 0.155 e. The Balaban J connectivity index is 3.34. The predicted octanol–water partition coefficient (Wildman–Crippen LogP) is 3.06. The summed E-state index contributed by atoms with van der Waals surface area (Å²) in [6.07, 6.45) is 0. The average Bonchev–Trinajstić information content (AvgIpc) is 1.93. The summed E-state index contributed by atoms with van der Waals surface area (Å²) in [5.74, 6) is -0.583. The Bertz CT molecular complexity index is 235. The summed E-state index contributed by atoms with van der Waals surface area (Å²) in [6, 6.07) is 2.84. The van der Waals surface area contributed by atoms with Crippen LogP contribution < -0.4 is 0 Å². The van der Waals surface area contributed by atoms with Gasteiger partial charge in [0.15, 0.2) is 5.82 Å². The molecule has 1 nitrogen and oxygen atoms in total. The van der Waals surface area contributed by atoms with E-state index in [1.54, 1.807) is 0 Å². The third-order valence-electron chi connectivity index (χ3n) is 1.01. The number of rotatable bonds is 0. The summed E-state index contributed by atoms with van der Waals surface area (Å²) in [5, 5.41) is 8.92. The van der Waals surface area contributed by atoms with Crippen LogP contribution in [0.2, 0.25) is 0 Å². The summed E-state index contributed by atoms with van der Waals surface area (Å²) >= 11 is 5.84. The van der Waals surface area contributed by atoms with Crippen molar-refractivity contribution in [3.63, 3.8) is 0 Å². The molecule has 1 aromatic carbocycles. The summed E-state index contributed by atoms with van der Waals surface area (Å²) in [5.41, 5.74) is 0. The molecule has 0 heterocycles. The Morgan fingerprint density at radius 1 is 1.30 bits per heavy atom. The summed E-state index contributed by atoms with van der Waals surface area (Å²) < 4.78 is 13.2. The lowest BCUT2D eigenvalue weighted by Crippen LogP contribution is -1.79. The van der Waals surface area contributed by atoms with Crippen molar-refractivity contribution < 1.29 is 9.50 Å². The van der Waals surface area contributed by atoms with E-state index in [4.69, 9.17) is 5.11 Å². The topological polar surface area (TPSA) is 20.2 Å². The molecule has 0 aromatic heterocycles. The Kier molecular flexibility index (Phi) is 2.31. The van der Waals surface area contributed by atoms with Gasteiger partial charge in [-0.2, -0.15) is 0 Å². The van der Waals surface area contributed by atoms with Crippen molar-refractivity contribution in [2.24, 2.45) is 0 Å². The number of phenols is 1. The van der Waals surface area contributed by atoms with Gasteiger partial charge in [0, 0.05) is 0 Å². The minimum Gasteiger partial charge on any atom is -0.507 e. The second kappa shape index (κ2) is 2.88. The molecule has 0 amide bonds. The molecule has 0 spiro atoms. The Labute approximate surface area is 74.1 Å². The second-order valence-electron chi connectivity index (χ2n) is 1.69. The molecule has 0 bridgehead atoms. The van der Waals surface area contributed by atoms with Crippen LogP contribution in [0.1, 0.15) is 0 Å². The fourth-order valence-corrected chi connectivity index (χ4v) is 1.46. The zero-order chi connectivity index (χ0) is 7.72. The molecule has 0 aliphatic rings. The van der Waals surface area contributed by atoms with E-state index in [1.807, 2.05) is 0 Å². The van der Waals surface area contributed by atoms with Crippen LogP contribution in [0.5, 0.6) is 5.75 Å². The molecule has 1 N–H and O–H groups in total. The first-order valence-electron chi connectivity index (χ1n) is 2.45. The molecule has 0 saturated carbocycles. The average molecular weight is 270 g/mol. The Hall–Kier alpha value is -0.0900. The number of benzene rings is 1. The Morgan fingerprint density at radius 3 is 2.40 bits per heavy atom. The van der Waals surface area contributed by atoms with Crippen LogP contribution in [-0.2, 0) is 0 Å². The third-order valence-corrected chi connectivity index (χ3v) is 2.38. The summed E-state index contributed by atoms with van der Waals surface area (Å²) in [7, 11) is 0. The molecule has 1 rings (SSSR count). The molecule has 10 heavy (non-hydrogen) atoms. The lowest BCUT2D eigenvalue weighted by molar-refractivity contribution is 0.463. The number of aromatic hydroxyl groups is 1. The number of hydrogen-bond donors (Lipinski definition) is 1. The molecular formula is C6H3Br2FO. The van der Waals surface area contributed by atoms with E-state index >= 15 is 0 Å². The van der Waals surface area contributed by atoms with Gasteiger partial charge in [0.25, 0.3) is 0 Å². The van der Waals surface area contributed by atoms with Crippen molar-refractivity contribution in [3.8, 4) is 5.75 Å². The van der Waals surface area contributed by atoms with Crippen molar-refractivity contribution in [3.05, 3.63) is 26.9 Å². The van der Waals surface area contributed by atoms with Gasteiger partial charge in [-0.15, -0.1) is 0 Å². The van der Waals surface area contributed by atoms with Crippen LogP contribution in [0, 0.1) is 5.82 Å². The molecule has 0 atom stereocenters. The summed E-state index contributed by atoms with van der Waals surface area (Å²) in [6.45, 7) is 0. The predicted molar refractivity (Wildman–Crippen MR) is 43.5 cm³/mol. The maximum absolute atomic E-state index is 12.7. The highest BCUT2D eigenvalue weighted by molar-refractivity contribution is 9.11. The highest BCUT2D eigenvalue weighted by atomic mass is 79.9. The van der Waals surface area contributed by atoms with E-state index in [0.29, 0.717) is 4.47 Å². The van der Waals surface area contributed by atoms with Gasteiger partial charge < -0.3 is 5.11 Å². The van der Waals surface area contributed by atoms with E-state index in [1.165, 1.54) is 12.1 Å². The van der Waals surface area contributed by atoms with Gasteiger partial charge in [0.2, 0.25) is 0 Å². The monoisotopic (exact) mass is 268 g/mol. The van der Waals surface area contributed by atoms with Crippen molar-refractivity contribution in [1.29, 1.82) is 0 Å². The SMILES string of the molecule is Oc1ccc(Br)c(F)c1Br. The van der Waals surface area contributed by atoms with Gasteiger partial charge in [0.1, 0.15) is 5.75 Å². The number of hydrogen-bond acceptors (Lipinski definition) is 1.